The van der Waals surface area contributed by atoms with E-state index < -0.39 is 0 Å². The van der Waals surface area contributed by atoms with E-state index in [2.05, 4.69) is 37.0 Å². The largest absolute Gasteiger partial charge is 0.361 e. The molecule has 0 aliphatic rings. The maximum atomic E-state index is 12.5. The van der Waals surface area contributed by atoms with Crippen LogP contribution in [-0.4, -0.2) is 31.5 Å². The molecule has 0 radical (unpaired) electrons. The molecule has 4 aromatic rings. The Hall–Kier alpha value is -3.48. The van der Waals surface area contributed by atoms with Gasteiger partial charge in [-0.15, -0.1) is 10.2 Å². The van der Waals surface area contributed by atoms with E-state index in [-0.39, 0.29) is 5.91 Å². The van der Waals surface area contributed by atoms with Gasteiger partial charge in [-0.3, -0.25) is 4.79 Å². The highest BCUT2D eigenvalue weighted by molar-refractivity contribution is 6.00. The molecule has 7 nitrogen and oxygen atoms in total. The van der Waals surface area contributed by atoms with Crippen molar-refractivity contribution in [2.75, 3.05) is 0 Å². The summed E-state index contributed by atoms with van der Waals surface area (Å²) >= 11 is 0. The number of hydrogen-bond donors (Lipinski definition) is 3. The molecule has 0 bridgehead atoms. The summed E-state index contributed by atoms with van der Waals surface area (Å²) in [6.45, 7) is 0.445. The van der Waals surface area contributed by atoms with Gasteiger partial charge in [0, 0.05) is 23.8 Å². The highest BCUT2D eigenvalue weighted by atomic mass is 16.1. The van der Waals surface area contributed by atoms with E-state index in [1.54, 1.807) is 12.1 Å². The fraction of sp³-hybridized carbons (Fsp3) is 0.0588. The van der Waals surface area contributed by atoms with Gasteiger partial charge in [0.2, 0.25) is 5.82 Å². The number of carbonyl (C=O) groups excluding carboxylic acids is 1. The highest BCUT2D eigenvalue weighted by Crippen LogP contribution is 2.19. The minimum absolute atomic E-state index is 0.176. The quantitative estimate of drug-likeness (QED) is 0.537. The first-order valence-electron chi connectivity index (χ1n) is 7.48. The average molecular weight is 318 g/mol. The monoisotopic (exact) mass is 318 g/mol. The fourth-order valence-corrected chi connectivity index (χ4v) is 2.64. The Bertz CT molecular complexity index is 989. The molecule has 0 aliphatic carbocycles. The third kappa shape index (κ3) is 2.63. The van der Waals surface area contributed by atoms with E-state index in [9.17, 15) is 4.79 Å². The Labute approximate surface area is 137 Å². The molecule has 0 fully saturated rings. The molecule has 0 saturated heterocycles. The second-order valence-corrected chi connectivity index (χ2v) is 5.36. The minimum atomic E-state index is -0.176. The Morgan fingerprint density at radius 1 is 1.12 bits per heavy atom. The van der Waals surface area contributed by atoms with Gasteiger partial charge in [-0.25, -0.2) is 0 Å². The van der Waals surface area contributed by atoms with Crippen LogP contribution in [0.4, 0.5) is 0 Å². The molecular formula is C17H14N6O. The molecule has 24 heavy (non-hydrogen) atoms. The van der Waals surface area contributed by atoms with Gasteiger partial charge in [0.25, 0.3) is 5.91 Å². The first-order chi connectivity index (χ1) is 11.8. The first kappa shape index (κ1) is 14.1. The van der Waals surface area contributed by atoms with Gasteiger partial charge >= 0.3 is 0 Å². The van der Waals surface area contributed by atoms with Crippen molar-refractivity contribution in [1.29, 1.82) is 0 Å². The molecule has 0 saturated carbocycles. The number of tetrazole rings is 1. The zero-order valence-electron chi connectivity index (χ0n) is 12.7. The second-order valence-electron chi connectivity index (χ2n) is 5.36. The summed E-state index contributed by atoms with van der Waals surface area (Å²) in [5, 5.41) is 17.9. The molecule has 2 heterocycles. The molecule has 0 atom stereocenters. The predicted molar refractivity (Wildman–Crippen MR) is 89.1 cm³/mol. The fourth-order valence-electron chi connectivity index (χ4n) is 2.64. The van der Waals surface area contributed by atoms with Crippen molar-refractivity contribution in [2.24, 2.45) is 0 Å². The number of hydrogen-bond acceptors (Lipinski definition) is 4. The minimum Gasteiger partial charge on any atom is -0.361 e. The van der Waals surface area contributed by atoms with E-state index >= 15 is 0 Å². The summed E-state index contributed by atoms with van der Waals surface area (Å²) in [5.41, 5.74) is 3.27. The van der Waals surface area contributed by atoms with Crippen LogP contribution in [0, 0.1) is 0 Å². The number of H-pyrrole nitrogens is 2. The number of aromatic nitrogens is 5. The summed E-state index contributed by atoms with van der Waals surface area (Å²) in [6, 6.07) is 15.2. The maximum Gasteiger partial charge on any atom is 0.252 e. The van der Waals surface area contributed by atoms with Crippen LogP contribution >= 0.6 is 0 Å². The van der Waals surface area contributed by atoms with E-state index in [1.807, 2.05) is 36.5 Å². The summed E-state index contributed by atoms with van der Waals surface area (Å²) < 4.78 is 0. The smallest absolute Gasteiger partial charge is 0.252 e. The van der Waals surface area contributed by atoms with Crippen molar-refractivity contribution in [3.05, 3.63) is 65.9 Å². The van der Waals surface area contributed by atoms with Gasteiger partial charge in [-0.05, 0) is 40.4 Å². The van der Waals surface area contributed by atoms with Gasteiger partial charge in [-0.1, -0.05) is 24.3 Å². The van der Waals surface area contributed by atoms with Crippen LogP contribution in [0.3, 0.4) is 0 Å². The third-order valence-electron chi connectivity index (χ3n) is 3.83. The van der Waals surface area contributed by atoms with E-state index in [4.69, 9.17) is 0 Å². The van der Waals surface area contributed by atoms with Crippen molar-refractivity contribution >= 4 is 16.8 Å². The van der Waals surface area contributed by atoms with E-state index in [1.165, 1.54) is 0 Å². The van der Waals surface area contributed by atoms with Crippen LogP contribution in [-0.2, 0) is 6.54 Å². The number of nitrogens with zero attached hydrogens (tertiary/aromatic N) is 3. The molecule has 4 rings (SSSR count). The Kier molecular flexibility index (Phi) is 3.51. The summed E-state index contributed by atoms with van der Waals surface area (Å²) in [5.74, 6) is 0.221. The molecular weight excluding hydrogens is 304 g/mol. The zero-order chi connectivity index (χ0) is 16.4. The number of benzene rings is 2. The Morgan fingerprint density at radius 3 is 2.92 bits per heavy atom. The van der Waals surface area contributed by atoms with Crippen LogP contribution in [0.15, 0.2) is 54.7 Å². The van der Waals surface area contributed by atoms with Crippen LogP contribution in [0.2, 0.25) is 0 Å². The number of rotatable bonds is 4. The number of nitrogens with one attached hydrogen (secondary N) is 3. The molecule has 0 unspecified atom stereocenters. The number of fused-ring (bicyclic) bond motifs is 1. The number of amides is 1. The molecule has 1 amide bonds. The van der Waals surface area contributed by atoms with Crippen LogP contribution in [0.25, 0.3) is 22.3 Å². The van der Waals surface area contributed by atoms with Crippen molar-refractivity contribution in [3.63, 3.8) is 0 Å². The van der Waals surface area contributed by atoms with Gasteiger partial charge in [-0.2, -0.15) is 5.21 Å². The van der Waals surface area contributed by atoms with Crippen LogP contribution in [0.5, 0.6) is 0 Å². The predicted octanol–water partition coefficient (Wildman–Crippen LogP) is 2.28. The zero-order valence-corrected chi connectivity index (χ0v) is 12.7. The molecule has 0 aliphatic heterocycles. The van der Waals surface area contributed by atoms with E-state index in [0.717, 1.165) is 16.5 Å². The summed E-state index contributed by atoms with van der Waals surface area (Å²) in [4.78, 5) is 15.7. The van der Waals surface area contributed by atoms with Crippen molar-refractivity contribution in [1.82, 2.24) is 30.9 Å². The van der Waals surface area contributed by atoms with Crippen LogP contribution in [0.1, 0.15) is 15.9 Å². The highest BCUT2D eigenvalue weighted by Gasteiger charge is 2.14. The lowest BCUT2D eigenvalue weighted by molar-refractivity contribution is 0.0951. The van der Waals surface area contributed by atoms with Crippen molar-refractivity contribution < 1.29 is 4.79 Å². The second kappa shape index (κ2) is 5.96. The van der Waals surface area contributed by atoms with Gasteiger partial charge in [0.1, 0.15) is 0 Å². The molecule has 3 N–H and O–H groups in total. The van der Waals surface area contributed by atoms with Crippen LogP contribution < -0.4 is 5.32 Å². The Morgan fingerprint density at radius 2 is 2.04 bits per heavy atom. The van der Waals surface area contributed by atoms with E-state index in [0.29, 0.717) is 23.5 Å². The Balaban J connectivity index is 1.54. The maximum absolute atomic E-state index is 12.5. The SMILES string of the molecule is O=C(NCc1ccc2[nH]ccc2c1)c1ccccc1-c1nn[nH]n1. The number of aromatic amines is 2. The summed E-state index contributed by atoms with van der Waals surface area (Å²) in [6.07, 6.45) is 1.90. The van der Waals surface area contributed by atoms with Gasteiger partial charge < -0.3 is 10.3 Å². The lowest BCUT2D eigenvalue weighted by Gasteiger charge is -2.08. The van der Waals surface area contributed by atoms with Gasteiger partial charge in [0.05, 0.1) is 5.56 Å². The first-order valence-corrected chi connectivity index (χ1v) is 7.48. The van der Waals surface area contributed by atoms with Gasteiger partial charge in [0.15, 0.2) is 0 Å². The normalized spacial score (nSPS) is 10.8. The lowest BCUT2D eigenvalue weighted by Crippen LogP contribution is -2.23. The summed E-state index contributed by atoms with van der Waals surface area (Å²) in [7, 11) is 0. The lowest BCUT2D eigenvalue weighted by atomic mass is 10.1. The van der Waals surface area contributed by atoms with Crippen molar-refractivity contribution in [3.8, 4) is 11.4 Å². The third-order valence-corrected chi connectivity index (χ3v) is 3.83. The standard InChI is InChI=1S/C17H14N6O/c24-17(14-4-2-1-3-13(14)16-20-22-23-21-16)19-10-11-5-6-15-12(9-11)7-8-18-15/h1-9,18H,10H2,(H,19,24)(H,20,21,22,23). The topological polar surface area (TPSA) is 99.4 Å². The molecule has 2 aromatic carbocycles. The molecule has 2 aromatic heterocycles. The number of carbonyl (C=O) groups is 1. The van der Waals surface area contributed by atoms with Crippen molar-refractivity contribution in [2.45, 2.75) is 6.54 Å². The molecule has 118 valence electrons. The average Bonchev–Trinajstić information content (AvgIpc) is 3.30. The molecule has 7 heteroatoms. The molecule has 0 spiro atoms.